The Balaban J connectivity index is 0.000000259. The average molecular weight is 489 g/mol. The minimum atomic E-state index is -1.80. The van der Waals surface area contributed by atoms with Crippen molar-refractivity contribution in [3.63, 3.8) is 0 Å². The monoisotopic (exact) mass is 489 g/mol. The maximum absolute atomic E-state index is 10.7. The number of aliphatic carboxylic acids is 2. The van der Waals surface area contributed by atoms with Gasteiger partial charge in [-0.2, -0.15) is 0 Å². The second kappa shape index (κ2) is 13.7. The van der Waals surface area contributed by atoms with Gasteiger partial charge in [0.15, 0.2) is 0 Å². The molecule has 11 heteroatoms. The number of carboxylic acids is 2. The smallest absolute Gasteiger partial charge is 0.669 e. The van der Waals surface area contributed by atoms with E-state index in [9.17, 15) is 9.59 Å². The van der Waals surface area contributed by atoms with E-state index in [4.69, 9.17) is 25.4 Å². The Hall–Kier alpha value is -2.59. The number of carboxylic acid groups (broad SMARTS) is 3. The predicted octanol–water partition coefficient (Wildman–Crippen LogP) is 3.29. The molecule has 10 nitrogen and oxygen atoms in total. The van der Waals surface area contributed by atoms with Gasteiger partial charge in [0.2, 0.25) is 0 Å². The van der Waals surface area contributed by atoms with Gasteiger partial charge in [-0.25, -0.2) is 4.79 Å². The summed E-state index contributed by atoms with van der Waals surface area (Å²) in [6.07, 6.45) is 8.35. The van der Waals surface area contributed by atoms with Gasteiger partial charge in [-0.1, -0.05) is 80.9 Å². The zero-order chi connectivity index (χ0) is 22.8. The first-order valence-corrected chi connectivity index (χ1v) is 9.98. The van der Waals surface area contributed by atoms with Crippen molar-refractivity contribution in [2.75, 3.05) is 0 Å². The Kier molecular flexibility index (Phi) is 11.8. The zero-order valence-corrected chi connectivity index (χ0v) is 18.3. The number of hydrogen-bond donors (Lipinski definition) is 3. The molecule has 4 atom stereocenters. The van der Waals surface area contributed by atoms with Crippen LogP contribution >= 0.6 is 0 Å². The summed E-state index contributed by atoms with van der Waals surface area (Å²) in [5.74, 6) is -0.945. The van der Waals surface area contributed by atoms with Gasteiger partial charge in [0.25, 0.3) is 11.9 Å². The fourth-order valence-corrected chi connectivity index (χ4v) is 3.86. The molecule has 1 aromatic rings. The van der Waals surface area contributed by atoms with Crippen LogP contribution in [-0.4, -0.2) is 51.5 Å². The molecule has 3 N–H and O–H groups in total. The number of nitrogens with zero attached hydrogens (tertiary/aromatic N) is 2. The van der Waals surface area contributed by atoms with Crippen molar-refractivity contribution in [3.05, 3.63) is 46.5 Å². The van der Waals surface area contributed by atoms with E-state index in [1.54, 1.807) is 12.2 Å². The number of carbonyl (C=O) groups is 3. The van der Waals surface area contributed by atoms with Crippen molar-refractivity contribution < 1.29 is 56.9 Å². The summed E-state index contributed by atoms with van der Waals surface area (Å²) >= 11 is 0. The second-order valence-corrected chi connectivity index (χ2v) is 7.37. The van der Waals surface area contributed by atoms with Gasteiger partial charge < -0.3 is 36.1 Å². The molecule has 0 bridgehead atoms. The molecular formula is C21H25FeN2O8-. The normalized spacial score (nSPS) is 24.8. The maximum Gasteiger partial charge on any atom is 2.00 e. The minimum Gasteiger partial charge on any atom is -0.669 e. The Labute approximate surface area is 196 Å². The zero-order valence-electron chi connectivity index (χ0n) is 17.1. The third kappa shape index (κ3) is 8.51. The van der Waals surface area contributed by atoms with Crippen LogP contribution in [-0.2, 0) is 31.5 Å². The van der Waals surface area contributed by atoms with Crippen LogP contribution in [0.5, 0.6) is 0 Å². The topological polar surface area (TPSA) is 172 Å². The number of rotatable bonds is 2. The van der Waals surface area contributed by atoms with E-state index in [0.717, 1.165) is 30.5 Å². The van der Waals surface area contributed by atoms with E-state index in [0.29, 0.717) is 12.0 Å². The van der Waals surface area contributed by atoms with Gasteiger partial charge in [-0.3, -0.25) is 9.59 Å². The summed E-state index contributed by atoms with van der Waals surface area (Å²) in [6, 6.07) is 6.71. The molecule has 1 aliphatic carbocycles. The number of para-hydroxylation sites is 1. The average Bonchev–Trinajstić information content (AvgIpc) is 2.79. The third-order valence-electron chi connectivity index (χ3n) is 5.33. The summed E-state index contributed by atoms with van der Waals surface area (Å²) in [4.78, 5) is 32.6. The first-order valence-electron chi connectivity index (χ1n) is 9.98. The van der Waals surface area contributed by atoms with E-state index < -0.39 is 30.2 Å². The molecule has 1 aromatic carbocycles. The van der Waals surface area contributed by atoms with E-state index in [1.165, 1.54) is 19.3 Å². The number of hydrogen-bond acceptors (Lipinski definition) is 5. The molecule has 3 aliphatic rings. The summed E-state index contributed by atoms with van der Waals surface area (Å²) in [5, 5.41) is 41.7. The van der Waals surface area contributed by atoms with Crippen LogP contribution in [0.25, 0.3) is 16.7 Å². The van der Waals surface area contributed by atoms with E-state index in [-0.39, 0.29) is 17.1 Å². The first-order chi connectivity index (χ1) is 14.8. The molecular weight excluding hydrogens is 464 g/mol. The van der Waals surface area contributed by atoms with Gasteiger partial charge in [0, 0.05) is 6.04 Å². The first kappa shape index (κ1) is 27.4. The molecule has 2 aliphatic heterocycles. The fourth-order valence-electron chi connectivity index (χ4n) is 3.86. The van der Waals surface area contributed by atoms with Crippen LogP contribution < -0.4 is 5.26 Å². The van der Waals surface area contributed by atoms with Gasteiger partial charge in [0.1, 0.15) is 0 Å². The Morgan fingerprint density at radius 1 is 0.969 bits per heavy atom. The van der Waals surface area contributed by atoms with Gasteiger partial charge in [-0.15, -0.1) is 11.7 Å². The third-order valence-corrected chi connectivity index (χ3v) is 5.33. The van der Waals surface area contributed by atoms with Crippen molar-refractivity contribution in [2.45, 2.75) is 56.7 Å². The minimum absolute atomic E-state index is 0. The van der Waals surface area contributed by atoms with Crippen molar-refractivity contribution in [2.24, 2.45) is 5.92 Å². The SMILES string of the molecule is O=C(O)C1C=Cc2ccccc2[N-]1.O=C(O)C1CCC2CCCCC2[N-]1.O=C(O)O[O-].[Fe+2]. The van der Waals surface area contributed by atoms with Crippen molar-refractivity contribution in [3.8, 4) is 0 Å². The summed E-state index contributed by atoms with van der Waals surface area (Å²) in [7, 11) is 0. The summed E-state index contributed by atoms with van der Waals surface area (Å²) in [5.41, 5.74) is 1.72. The van der Waals surface area contributed by atoms with Crippen molar-refractivity contribution >= 4 is 29.9 Å². The van der Waals surface area contributed by atoms with E-state index in [1.807, 2.05) is 24.3 Å². The second-order valence-electron chi connectivity index (χ2n) is 7.37. The van der Waals surface area contributed by atoms with Crippen LogP contribution in [0.4, 0.5) is 10.5 Å². The number of benzene rings is 1. The standard InChI is InChI=1S/C10H16NO2.C10H8NO2.CH2O4.Fe/c2*12-10(13)9-6-5-7-3-1-2-4-8(7)11-9;2-1(3)5-4;/h7-9H,1-6H2,(H,12,13);1-6,9H,(H,12,13);4H,(H,2,3);/q2*-1;;+2/p-1. The molecule has 4 unspecified atom stereocenters. The molecule has 32 heavy (non-hydrogen) atoms. The van der Waals surface area contributed by atoms with Crippen LogP contribution in [0.15, 0.2) is 30.3 Å². The maximum atomic E-state index is 10.7. The molecule has 2 heterocycles. The van der Waals surface area contributed by atoms with Crippen LogP contribution in [0.1, 0.15) is 44.1 Å². The van der Waals surface area contributed by atoms with Crippen molar-refractivity contribution in [1.29, 1.82) is 0 Å². The summed E-state index contributed by atoms with van der Waals surface area (Å²) < 4.78 is 0. The Morgan fingerprint density at radius 3 is 2.25 bits per heavy atom. The van der Waals surface area contributed by atoms with Crippen LogP contribution in [0.3, 0.4) is 0 Å². The molecule has 1 saturated carbocycles. The van der Waals surface area contributed by atoms with Gasteiger partial charge in [-0.05, 0) is 11.6 Å². The predicted molar refractivity (Wildman–Crippen MR) is 109 cm³/mol. The summed E-state index contributed by atoms with van der Waals surface area (Å²) in [6.45, 7) is 0. The molecule has 0 spiro atoms. The Morgan fingerprint density at radius 2 is 1.62 bits per heavy atom. The molecule has 0 amide bonds. The molecule has 0 aromatic heterocycles. The fraction of sp³-hybridized carbons (Fsp3) is 0.476. The van der Waals surface area contributed by atoms with Crippen LogP contribution in [0.2, 0.25) is 0 Å². The largest absolute Gasteiger partial charge is 2.00 e. The Bertz CT molecular complexity index is 804. The quantitative estimate of drug-likeness (QED) is 0.322. The molecule has 1 saturated heterocycles. The molecule has 176 valence electrons. The van der Waals surface area contributed by atoms with Crippen LogP contribution in [0, 0.1) is 5.92 Å². The molecule has 2 fully saturated rings. The number of fused-ring (bicyclic) bond motifs is 2. The van der Waals surface area contributed by atoms with E-state index >= 15 is 0 Å². The molecule has 0 radical (unpaired) electrons. The van der Waals surface area contributed by atoms with Crippen molar-refractivity contribution in [1.82, 2.24) is 0 Å². The van der Waals surface area contributed by atoms with Gasteiger partial charge in [0.05, 0.1) is 0 Å². The molecule has 4 rings (SSSR count). The van der Waals surface area contributed by atoms with Gasteiger partial charge >= 0.3 is 23.2 Å². The number of piperidine rings is 1. The van der Waals surface area contributed by atoms with E-state index in [2.05, 4.69) is 15.5 Å².